The number of hydrogen-bond acceptors (Lipinski definition) is 9. The van der Waals surface area contributed by atoms with Gasteiger partial charge in [-0.2, -0.15) is 10.2 Å². The second-order valence-corrected chi connectivity index (χ2v) is 9.52. The third-order valence-corrected chi connectivity index (χ3v) is 7.41. The summed E-state index contributed by atoms with van der Waals surface area (Å²) < 4.78 is 42.0. The molecule has 1 saturated carbocycles. The standard InChI is InChI=1S/C23H17F2N5O3S/c24-15-5-28-20(17-11(3-26)22(27)34-21(15)17)16-14-8-32-7-13(14)12-4-29-23(30-19(12)18(16)25)33-6-9-1-10(31)2-9/h4-5,9-10,31H,1-2,6-8,27H2/t9-,10-. The van der Waals surface area contributed by atoms with E-state index in [1.165, 1.54) is 6.20 Å². The molecule has 6 rings (SSSR count). The van der Waals surface area contributed by atoms with E-state index in [2.05, 4.69) is 15.0 Å². The fourth-order valence-electron chi connectivity index (χ4n) is 4.63. The summed E-state index contributed by atoms with van der Waals surface area (Å²) in [5, 5.41) is 19.9. The SMILES string of the molecule is N#Cc1c(N)sc2c(F)cnc(-c3c4c(c5cnc(OC[C@H]6C[C@H](O)C6)nc5c3F)COC4)c12. The van der Waals surface area contributed by atoms with Gasteiger partial charge >= 0.3 is 6.01 Å². The van der Waals surface area contributed by atoms with Crippen LogP contribution >= 0.6 is 11.3 Å². The molecule has 0 saturated heterocycles. The number of nitrogens with two attached hydrogens (primary N) is 1. The largest absolute Gasteiger partial charge is 0.463 e. The summed E-state index contributed by atoms with van der Waals surface area (Å²) in [6.07, 6.45) is 3.49. The van der Waals surface area contributed by atoms with Gasteiger partial charge < -0.3 is 20.3 Å². The van der Waals surface area contributed by atoms with Crippen LogP contribution in [0, 0.1) is 28.9 Å². The van der Waals surface area contributed by atoms with Crippen molar-refractivity contribution in [1.82, 2.24) is 15.0 Å². The number of nitrogen functional groups attached to an aromatic ring is 1. The van der Waals surface area contributed by atoms with Crippen LogP contribution in [-0.2, 0) is 18.0 Å². The van der Waals surface area contributed by atoms with Gasteiger partial charge in [0.05, 0.1) is 48.1 Å². The van der Waals surface area contributed by atoms with Crippen LogP contribution in [0.5, 0.6) is 6.01 Å². The summed E-state index contributed by atoms with van der Waals surface area (Å²) in [5.41, 5.74) is 7.52. The number of hydrogen-bond donors (Lipinski definition) is 2. The predicted molar refractivity (Wildman–Crippen MR) is 120 cm³/mol. The van der Waals surface area contributed by atoms with Crippen molar-refractivity contribution in [3.63, 3.8) is 0 Å². The molecule has 1 aromatic carbocycles. The van der Waals surface area contributed by atoms with Gasteiger partial charge in [0.1, 0.15) is 16.6 Å². The van der Waals surface area contributed by atoms with Crippen LogP contribution in [0.25, 0.3) is 32.2 Å². The van der Waals surface area contributed by atoms with Crippen LogP contribution in [0.1, 0.15) is 29.5 Å². The second-order valence-electron chi connectivity index (χ2n) is 8.47. The number of thiophene rings is 1. The first-order chi connectivity index (χ1) is 16.5. The van der Waals surface area contributed by atoms with Crippen molar-refractivity contribution in [3.8, 4) is 23.3 Å². The second kappa shape index (κ2) is 7.80. The number of pyridine rings is 1. The number of aliphatic hydroxyl groups excluding tert-OH is 1. The summed E-state index contributed by atoms with van der Waals surface area (Å²) in [4.78, 5) is 12.7. The highest BCUT2D eigenvalue weighted by Gasteiger charge is 2.31. The molecule has 11 heteroatoms. The zero-order valence-corrected chi connectivity index (χ0v) is 18.5. The maximum Gasteiger partial charge on any atom is 0.317 e. The predicted octanol–water partition coefficient (Wildman–Crippen LogP) is 3.82. The number of rotatable bonds is 4. The first-order valence-electron chi connectivity index (χ1n) is 10.6. The van der Waals surface area contributed by atoms with E-state index < -0.39 is 11.6 Å². The van der Waals surface area contributed by atoms with E-state index in [1.807, 2.05) is 6.07 Å². The highest BCUT2D eigenvalue weighted by Crippen LogP contribution is 2.45. The molecule has 1 aliphatic heterocycles. The summed E-state index contributed by atoms with van der Waals surface area (Å²) in [7, 11) is 0. The molecular formula is C23H17F2N5O3S. The van der Waals surface area contributed by atoms with Gasteiger partial charge in [-0.15, -0.1) is 11.3 Å². The molecule has 0 bridgehead atoms. The molecule has 1 fully saturated rings. The Hall–Kier alpha value is -3.46. The van der Waals surface area contributed by atoms with Gasteiger partial charge in [0.15, 0.2) is 11.6 Å². The first kappa shape index (κ1) is 21.1. The lowest BCUT2D eigenvalue weighted by Crippen LogP contribution is -2.32. The zero-order chi connectivity index (χ0) is 23.6. The number of aliphatic hydroxyl groups is 1. The molecule has 1 aliphatic carbocycles. The molecule has 0 unspecified atom stereocenters. The number of nitrogens with zero attached hydrogens (tertiary/aromatic N) is 4. The fourth-order valence-corrected chi connectivity index (χ4v) is 5.55. The van der Waals surface area contributed by atoms with E-state index in [1.54, 1.807) is 0 Å². The van der Waals surface area contributed by atoms with Crippen molar-refractivity contribution < 1.29 is 23.4 Å². The van der Waals surface area contributed by atoms with Crippen LogP contribution in [-0.4, -0.2) is 32.8 Å². The minimum atomic E-state index is -0.681. The van der Waals surface area contributed by atoms with Gasteiger partial charge in [0, 0.05) is 22.5 Å². The van der Waals surface area contributed by atoms with E-state index in [-0.39, 0.29) is 68.7 Å². The fraction of sp³-hybridized carbons (Fsp3) is 0.304. The average molecular weight is 481 g/mol. The molecule has 0 spiro atoms. The average Bonchev–Trinajstić information content (AvgIpc) is 3.42. The molecule has 0 atom stereocenters. The number of halogens is 2. The summed E-state index contributed by atoms with van der Waals surface area (Å²) in [5.74, 6) is -1.11. The number of nitriles is 1. The van der Waals surface area contributed by atoms with Gasteiger partial charge in [-0.1, -0.05) is 0 Å². The first-order valence-corrected chi connectivity index (χ1v) is 11.4. The Kier molecular flexibility index (Phi) is 4.84. The maximum absolute atomic E-state index is 16.1. The van der Waals surface area contributed by atoms with Gasteiger partial charge in [-0.3, -0.25) is 4.98 Å². The number of benzene rings is 1. The highest BCUT2D eigenvalue weighted by atomic mass is 32.1. The normalized spacial score (nSPS) is 19.2. The minimum absolute atomic E-state index is 0.0207. The molecule has 4 heterocycles. The summed E-state index contributed by atoms with van der Waals surface area (Å²) in [6.45, 7) is 0.677. The molecular weight excluding hydrogens is 464 g/mol. The Labute approximate surface area is 195 Å². The van der Waals surface area contributed by atoms with Crippen molar-refractivity contribution in [3.05, 3.63) is 40.7 Å². The van der Waals surface area contributed by atoms with E-state index >= 15 is 4.39 Å². The van der Waals surface area contributed by atoms with Crippen LogP contribution < -0.4 is 10.5 Å². The molecule has 34 heavy (non-hydrogen) atoms. The number of anilines is 1. The van der Waals surface area contributed by atoms with Crippen molar-refractivity contribution in [2.24, 2.45) is 5.92 Å². The molecule has 8 nitrogen and oxygen atoms in total. The molecule has 0 amide bonds. The zero-order valence-electron chi connectivity index (χ0n) is 17.6. The molecule has 172 valence electrons. The lowest BCUT2D eigenvalue weighted by Gasteiger charge is -2.30. The van der Waals surface area contributed by atoms with Crippen LogP contribution in [0.4, 0.5) is 13.8 Å². The summed E-state index contributed by atoms with van der Waals surface area (Å²) >= 11 is 0.924. The van der Waals surface area contributed by atoms with E-state index in [0.717, 1.165) is 17.5 Å². The Bertz CT molecular complexity index is 1530. The Morgan fingerprint density at radius 1 is 1.24 bits per heavy atom. The van der Waals surface area contributed by atoms with E-state index in [4.69, 9.17) is 15.2 Å². The van der Waals surface area contributed by atoms with Gasteiger partial charge in [0.2, 0.25) is 0 Å². The molecule has 2 aliphatic rings. The summed E-state index contributed by atoms with van der Waals surface area (Å²) in [6, 6.07) is 2.01. The number of fused-ring (bicyclic) bond motifs is 4. The minimum Gasteiger partial charge on any atom is -0.463 e. The van der Waals surface area contributed by atoms with Crippen molar-refractivity contribution in [2.45, 2.75) is 32.2 Å². The molecule has 3 aromatic heterocycles. The molecule has 0 radical (unpaired) electrons. The smallest absolute Gasteiger partial charge is 0.317 e. The van der Waals surface area contributed by atoms with Gasteiger partial charge in [-0.05, 0) is 29.9 Å². The lowest BCUT2D eigenvalue weighted by atomic mass is 9.83. The third-order valence-electron chi connectivity index (χ3n) is 6.38. The van der Waals surface area contributed by atoms with E-state index in [0.29, 0.717) is 36.0 Å². The third kappa shape index (κ3) is 3.10. The number of ether oxygens (including phenoxy) is 2. The van der Waals surface area contributed by atoms with Crippen molar-refractivity contribution >= 4 is 37.3 Å². The maximum atomic E-state index is 16.1. The Balaban J connectivity index is 1.55. The molecule has 4 aromatic rings. The Morgan fingerprint density at radius 2 is 2.03 bits per heavy atom. The molecule has 3 N–H and O–H groups in total. The quantitative estimate of drug-likeness (QED) is 0.450. The van der Waals surface area contributed by atoms with Gasteiger partial charge in [0.25, 0.3) is 0 Å². The lowest BCUT2D eigenvalue weighted by molar-refractivity contribution is 0.0186. The van der Waals surface area contributed by atoms with E-state index in [9.17, 15) is 14.8 Å². The highest BCUT2D eigenvalue weighted by molar-refractivity contribution is 7.23. The van der Waals surface area contributed by atoms with Crippen molar-refractivity contribution in [2.75, 3.05) is 12.3 Å². The topological polar surface area (TPSA) is 127 Å². The monoisotopic (exact) mass is 481 g/mol. The van der Waals surface area contributed by atoms with Crippen LogP contribution in [0.2, 0.25) is 0 Å². The van der Waals surface area contributed by atoms with Crippen LogP contribution in [0.3, 0.4) is 0 Å². The Morgan fingerprint density at radius 3 is 2.79 bits per heavy atom. The van der Waals surface area contributed by atoms with Crippen molar-refractivity contribution in [1.29, 1.82) is 5.26 Å². The van der Waals surface area contributed by atoms with Gasteiger partial charge in [-0.25, -0.2) is 13.8 Å². The van der Waals surface area contributed by atoms with Crippen LogP contribution in [0.15, 0.2) is 12.4 Å². The number of aromatic nitrogens is 3.